The molecule has 2 aromatic rings. The van der Waals surface area contributed by atoms with Crippen molar-refractivity contribution in [2.24, 2.45) is 0 Å². The molecule has 27 heavy (non-hydrogen) atoms. The predicted octanol–water partition coefficient (Wildman–Crippen LogP) is 3.03. The number of para-hydroxylation sites is 1. The molecule has 2 aliphatic rings. The molecule has 0 unspecified atom stereocenters. The zero-order chi connectivity index (χ0) is 19.3. The predicted molar refractivity (Wildman–Crippen MR) is 85.3 cm³/mol. The molecule has 5 nitrogen and oxygen atoms in total. The fourth-order valence-corrected chi connectivity index (χ4v) is 3.06. The summed E-state index contributed by atoms with van der Waals surface area (Å²) in [5.74, 6) is -2.36. The van der Waals surface area contributed by atoms with Gasteiger partial charge in [-0.05, 0) is 36.4 Å². The lowest BCUT2D eigenvalue weighted by atomic mass is 10.0. The molecule has 0 spiro atoms. The maximum Gasteiger partial charge on any atom is 0.418 e. The molecule has 0 radical (unpaired) electrons. The summed E-state index contributed by atoms with van der Waals surface area (Å²) < 4.78 is 53.0. The van der Waals surface area contributed by atoms with Gasteiger partial charge in [-0.25, -0.2) is 9.29 Å². The van der Waals surface area contributed by atoms with E-state index in [1.54, 1.807) is 0 Å². The van der Waals surface area contributed by atoms with Crippen LogP contribution in [0.15, 0.2) is 54.1 Å². The Morgan fingerprint density at radius 3 is 2.33 bits per heavy atom. The lowest BCUT2D eigenvalue weighted by Gasteiger charge is -2.20. The van der Waals surface area contributed by atoms with Crippen LogP contribution in [0.3, 0.4) is 0 Å². The molecule has 1 fully saturated rings. The summed E-state index contributed by atoms with van der Waals surface area (Å²) in [6.07, 6.45) is -6.12. The number of amides is 2. The summed E-state index contributed by atoms with van der Waals surface area (Å²) in [5, 5.41) is 0. The third-order valence-corrected chi connectivity index (χ3v) is 4.27. The minimum atomic E-state index is -4.75. The van der Waals surface area contributed by atoms with Crippen LogP contribution < -0.4 is 10.4 Å². The molecule has 9 heteroatoms. The summed E-state index contributed by atoms with van der Waals surface area (Å²) in [6, 6.07) is 9.32. The molecule has 0 bridgehead atoms. The van der Waals surface area contributed by atoms with Crippen molar-refractivity contribution >= 4 is 23.2 Å². The number of carbonyl (C=O) groups excluding carboxylic acids is 2. The Balaban J connectivity index is 1.82. The summed E-state index contributed by atoms with van der Waals surface area (Å²) >= 11 is 0. The van der Waals surface area contributed by atoms with Gasteiger partial charge in [0.25, 0.3) is 11.8 Å². The largest absolute Gasteiger partial charge is 0.418 e. The Bertz CT molecular complexity index is 983. The average molecular weight is 378 g/mol. The van der Waals surface area contributed by atoms with Crippen molar-refractivity contribution in [1.29, 1.82) is 0 Å². The molecule has 138 valence electrons. The van der Waals surface area contributed by atoms with E-state index < -0.39 is 41.2 Å². The van der Waals surface area contributed by atoms with Crippen molar-refractivity contribution < 1.29 is 32.0 Å². The molecule has 1 saturated heterocycles. The molecule has 1 N–H and O–H groups in total. The maximum absolute atomic E-state index is 13.3. The van der Waals surface area contributed by atoms with E-state index in [2.05, 4.69) is 5.48 Å². The van der Waals surface area contributed by atoms with Gasteiger partial charge in [0.2, 0.25) is 0 Å². The van der Waals surface area contributed by atoms with Crippen molar-refractivity contribution in [2.45, 2.75) is 12.3 Å². The number of nitrogens with one attached hydrogen (secondary N) is 1. The van der Waals surface area contributed by atoms with Gasteiger partial charge in [-0.2, -0.15) is 13.2 Å². The third kappa shape index (κ3) is 2.67. The van der Waals surface area contributed by atoms with Crippen LogP contribution in [-0.4, -0.2) is 17.9 Å². The number of hydrogen-bond donors (Lipinski definition) is 1. The van der Waals surface area contributed by atoms with Gasteiger partial charge in [-0.15, -0.1) is 0 Å². The number of carbonyl (C=O) groups is 2. The molecule has 0 saturated carbocycles. The SMILES string of the molecule is O=C1C2=C(c3ccc(F)cc3)NO[C@@H]2C(=O)N1c1ccccc1C(F)(F)F. The topological polar surface area (TPSA) is 58.6 Å². The molecule has 2 aromatic carbocycles. The van der Waals surface area contributed by atoms with Crippen molar-refractivity contribution in [3.05, 3.63) is 71.0 Å². The van der Waals surface area contributed by atoms with Crippen molar-refractivity contribution in [1.82, 2.24) is 5.48 Å². The lowest BCUT2D eigenvalue weighted by molar-refractivity contribution is -0.137. The molecule has 4 rings (SSSR count). The summed E-state index contributed by atoms with van der Waals surface area (Å²) in [4.78, 5) is 31.0. The molecule has 2 aliphatic heterocycles. The number of fused-ring (bicyclic) bond motifs is 1. The van der Waals surface area contributed by atoms with Crippen molar-refractivity contribution in [3.63, 3.8) is 0 Å². The number of benzene rings is 2. The van der Waals surface area contributed by atoms with E-state index >= 15 is 0 Å². The average Bonchev–Trinajstić information content (AvgIpc) is 3.16. The highest BCUT2D eigenvalue weighted by Crippen LogP contribution is 2.41. The van der Waals surface area contributed by atoms with E-state index in [1.807, 2.05) is 0 Å². The van der Waals surface area contributed by atoms with Crippen LogP contribution in [0.1, 0.15) is 11.1 Å². The normalized spacial score (nSPS) is 19.6. The van der Waals surface area contributed by atoms with Gasteiger partial charge in [0.1, 0.15) is 5.82 Å². The van der Waals surface area contributed by atoms with E-state index in [0.29, 0.717) is 10.5 Å². The third-order valence-electron chi connectivity index (χ3n) is 4.27. The van der Waals surface area contributed by atoms with Gasteiger partial charge in [-0.1, -0.05) is 12.1 Å². The molecular formula is C18H10F4N2O3. The Hall–Kier alpha value is -3.20. The van der Waals surface area contributed by atoms with Crippen LogP contribution in [0.2, 0.25) is 0 Å². The first-order valence-electron chi connectivity index (χ1n) is 7.75. The van der Waals surface area contributed by atoms with Gasteiger partial charge in [0.15, 0.2) is 6.10 Å². The van der Waals surface area contributed by atoms with Gasteiger partial charge < -0.3 is 0 Å². The minimum absolute atomic E-state index is 0.116. The fourth-order valence-electron chi connectivity index (χ4n) is 3.06. The zero-order valence-corrected chi connectivity index (χ0v) is 13.4. The number of nitrogens with zero attached hydrogens (tertiary/aromatic N) is 1. The Labute approximate surface area is 149 Å². The second kappa shape index (κ2) is 5.92. The minimum Gasteiger partial charge on any atom is -0.270 e. The summed E-state index contributed by atoms with van der Waals surface area (Å²) in [7, 11) is 0. The number of hydroxylamine groups is 1. The molecule has 0 aliphatic carbocycles. The second-order valence-corrected chi connectivity index (χ2v) is 5.89. The van der Waals surface area contributed by atoms with Crippen LogP contribution >= 0.6 is 0 Å². The first kappa shape index (κ1) is 17.2. The van der Waals surface area contributed by atoms with E-state index in [-0.39, 0.29) is 11.3 Å². The molecule has 2 heterocycles. The number of alkyl halides is 3. The first-order chi connectivity index (χ1) is 12.8. The highest BCUT2D eigenvalue weighted by Gasteiger charge is 2.52. The van der Waals surface area contributed by atoms with Crippen LogP contribution in [0.25, 0.3) is 5.70 Å². The fraction of sp³-hybridized carbons (Fsp3) is 0.111. The molecule has 0 aromatic heterocycles. The highest BCUT2D eigenvalue weighted by molar-refractivity contribution is 6.33. The molecule has 2 amide bonds. The highest BCUT2D eigenvalue weighted by atomic mass is 19.4. The van der Waals surface area contributed by atoms with Crippen LogP contribution in [0.5, 0.6) is 0 Å². The lowest BCUT2D eigenvalue weighted by Crippen LogP contribution is -2.35. The number of halogens is 4. The number of imide groups is 1. The van der Waals surface area contributed by atoms with E-state index in [0.717, 1.165) is 24.3 Å². The zero-order valence-electron chi connectivity index (χ0n) is 13.4. The number of rotatable bonds is 2. The summed E-state index contributed by atoms with van der Waals surface area (Å²) in [5.41, 5.74) is 1.12. The standard InChI is InChI=1S/C18H10F4N2O3/c19-10-7-5-9(6-8-10)14-13-15(27-23-14)17(26)24(16(13)25)12-4-2-1-3-11(12)18(20,21)22/h1-8,15,23H/t15-/m0/s1. The molecular weight excluding hydrogens is 368 g/mol. The Morgan fingerprint density at radius 1 is 1.00 bits per heavy atom. The van der Waals surface area contributed by atoms with Crippen LogP contribution in [-0.2, 0) is 20.6 Å². The van der Waals surface area contributed by atoms with E-state index in [4.69, 9.17) is 4.84 Å². The van der Waals surface area contributed by atoms with E-state index in [1.165, 1.54) is 24.3 Å². The smallest absolute Gasteiger partial charge is 0.270 e. The van der Waals surface area contributed by atoms with Gasteiger partial charge in [0.05, 0.1) is 22.5 Å². The number of hydrogen-bond acceptors (Lipinski definition) is 4. The van der Waals surface area contributed by atoms with Crippen LogP contribution in [0.4, 0.5) is 23.2 Å². The quantitative estimate of drug-likeness (QED) is 0.645. The molecule has 1 atom stereocenters. The van der Waals surface area contributed by atoms with Gasteiger partial charge in [0, 0.05) is 5.56 Å². The monoisotopic (exact) mass is 378 g/mol. The Kier molecular flexibility index (Phi) is 3.77. The Morgan fingerprint density at radius 2 is 1.67 bits per heavy atom. The van der Waals surface area contributed by atoms with E-state index in [9.17, 15) is 27.2 Å². The van der Waals surface area contributed by atoms with Gasteiger partial charge in [-0.3, -0.25) is 19.9 Å². The second-order valence-electron chi connectivity index (χ2n) is 5.89. The van der Waals surface area contributed by atoms with Crippen LogP contribution in [0, 0.1) is 5.82 Å². The summed E-state index contributed by atoms with van der Waals surface area (Å²) in [6.45, 7) is 0. The van der Waals surface area contributed by atoms with Crippen molar-refractivity contribution in [3.8, 4) is 0 Å². The van der Waals surface area contributed by atoms with Gasteiger partial charge >= 0.3 is 6.18 Å². The maximum atomic E-state index is 13.3. The first-order valence-corrected chi connectivity index (χ1v) is 7.75. The van der Waals surface area contributed by atoms with Crippen molar-refractivity contribution in [2.75, 3.05) is 4.90 Å². The number of anilines is 1.